The lowest BCUT2D eigenvalue weighted by Gasteiger charge is -2.16. The summed E-state index contributed by atoms with van der Waals surface area (Å²) in [7, 11) is -1.09. The Labute approximate surface area is 103 Å². The summed E-state index contributed by atoms with van der Waals surface area (Å²) in [6, 6.07) is 11.0. The van der Waals surface area contributed by atoms with Gasteiger partial charge in [0.05, 0.1) is 0 Å². The summed E-state index contributed by atoms with van der Waals surface area (Å²) < 4.78 is 1.85. The molecule has 90 valence electrons. The summed E-state index contributed by atoms with van der Waals surface area (Å²) in [5.74, 6) is 0. The molecule has 2 nitrogen and oxygen atoms in total. The molecular weight excluding hydrogens is 226 g/mol. The molecule has 0 aliphatic carbocycles. The van der Waals surface area contributed by atoms with E-state index in [2.05, 4.69) is 19.6 Å². The summed E-state index contributed by atoms with van der Waals surface area (Å²) in [5, 5.41) is 1.85. The number of nitrogens with zero attached hydrogens (tertiary/aromatic N) is 1. The maximum absolute atomic E-state index is 12.2. The van der Waals surface area contributed by atoms with Crippen LogP contribution in [0.25, 0.3) is 10.8 Å². The lowest BCUT2D eigenvalue weighted by atomic mass is 10.2. The predicted octanol–water partition coefficient (Wildman–Crippen LogP) is 3.34. The van der Waals surface area contributed by atoms with Gasteiger partial charge in [-0.2, -0.15) is 0 Å². The van der Waals surface area contributed by atoms with Crippen LogP contribution in [0.5, 0.6) is 0 Å². The monoisotopic (exact) mass is 245 g/mol. The summed E-state index contributed by atoms with van der Waals surface area (Å²) in [6.07, 6.45) is 1.92. The summed E-state index contributed by atoms with van der Waals surface area (Å²) >= 11 is 0. The zero-order valence-corrected chi connectivity index (χ0v) is 11.7. The minimum absolute atomic E-state index is 0.140. The number of hydrogen-bond acceptors (Lipinski definition) is 1. The van der Waals surface area contributed by atoms with Gasteiger partial charge in [-0.05, 0) is 23.6 Å². The van der Waals surface area contributed by atoms with Gasteiger partial charge in [0.2, 0.25) is 0 Å². The van der Waals surface area contributed by atoms with E-state index in [-0.39, 0.29) is 5.56 Å². The quantitative estimate of drug-likeness (QED) is 0.760. The van der Waals surface area contributed by atoms with Crippen molar-refractivity contribution in [1.82, 2.24) is 4.57 Å². The highest BCUT2D eigenvalue weighted by Gasteiger charge is 2.13. The Balaban J connectivity index is 2.37. The molecule has 0 radical (unpaired) electrons. The lowest BCUT2D eigenvalue weighted by molar-refractivity contribution is 0.725. The van der Waals surface area contributed by atoms with E-state index in [0.717, 1.165) is 23.4 Å². The van der Waals surface area contributed by atoms with Gasteiger partial charge in [0, 0.05) is 26.2 Å². The van der Waals surface area contributed by atoms with E-state index in [1.165, 1.54) is 0 Å². The fraction of sp³-hybridized carbons (Fsp3) is 0.357. The topological polar surface area (TPSA) is 22.0 Å². The van der Waals surface area contributed by atoms with Crippen molar-refractivity contribution in [1.29, 1.82) is 0 Å². The smallest absolute Gasteiger partial charge is 0.258 e. The van der Waals surface area contributed by atoms with E-state index < -0.39 is 8.07 Å². The SMILES string of the molecule is C[Si](C)(C)CCn1ccc2ccccc2c1=O. The van der Waals surface area contributed by atoms with Gasteiger partial charge in [0.25, 0.3) is 5.56 Å². The first-order valence-corrected chi connectivity index (χ1v) is 9.76. The molecule has 0 bridgehead atoms. The van der Waals surface area contributed by atoms with Gasteiger partial charge in [0.15, 0.2) is 0 Å². The third-order valence-corrected chi connectivity index (χ3v) is 4.71. The van der Waals surface area contributed by atoms with Crippen LogP contribution >= 0.6 is 0 Å². The van der Waals surface area contributed by atoms with E-state index in [1.54, 1.807) is 0 Å². The van der Waals surface area contributed by atoms with Crippen molar-refractivity contribution in [2.24, 2.45) is 0 Å². The van der Waals surface area contributed by atoms with E-state index in [1.807, 2.05) is 41.1 Å². The molecule has 1 heterocycles. The van der Waals surface area contributed by atoms with Crippen molar-refractivity contribution >= 4 is 18.8 Å². The number of aromatic nitrogens is 1. The Bertz CT molecular complexity index is 581. The molecule has 0 N–H and O–H groups in total. The lowest BCUT2D eigenvalue weighted by Crippen LogP contribution is -2.26. The largest absolute Gasteiger partial charge is 0.315 e. The fourth-order valence-corrected chi connectivity index (χ4v) is 2.77. The van der Waals surface area contributed by atoms with Crippen molar-refractivity contribution in [3.8, 4) is 0 Å². The first-order chi connectivity index (χ1) is 7.97. The second kappa shape index (κ2) is 4.49. The van der Waals surface area contributed by atoms with Crippen LogP contribution in [-0.4, -0.2) is 12.6 Å². The van der Waals surface area contributed by atoms with Crippen LogP contribution in [0.4, 0.5) is 0 Å². The highest BCUT2D eigenvalue weighted by atomic mass is 28.3. The first-order valence-electron chi connectivity index (χ1n) is 6.06. The normalized spacial score (nSPS) is 11.9. The molecule has 3 heteroatoms. The Kier molecular flexibility index (Phi) is 3.20. The fourth-order valence-electron chi connectivity index (χ4n) is 1.86. The van der Waals surface area contributed by atoms with Gasteiger partial charge >= 0.3 is 0 Å². The molecule has 0 fully saturated rings. The van der Waals surface area contributed by atoms with Gasteiger partial charge in [-0.3, -0.25) is 4.79 Å². The Hall–Kier alpha value is -1.35. The third kappa shape index (κ3) is 2.85. The second-order valence-corrected chi connectivity index (χ2v) is 11.3. The average Bonchev–Trinajstić information content (AvgIpc) is 2.27. The Morgan fingerprint density at radius 3 is 2.53 bits per heavy atom. The molecule has 0 spiro atoms. The molecule has 2 aromatic rings. The highest BCUT2D eigenvalue weighted by Crippen LogP contribution is 2.11. The van der Waals surface area contributed by atoms with Gasteiger partial charge in [-0.1, -0.05) is 37.8 Å². The number of fused-ring (bicyclic) bond motifs is 1. The zero-order chi connectivity index (χ0) is 12.5. The van der Waals surface area contributed by atoms with Crippen LogP contribution in [-0.2, 0) is 6.54 Å². The third-order valence-electron chi connectivity index (χ3n) is 2.99. The molecule has 0 saturated heterocycles. The van der Waals surface area contributed by atoms with E-state index in [4.69, 9.17) is 0 Å². The van der Waals surface area contributed by atoms with Crippen molar-refractivity contribution < 1.29 is 0 Å². The summed E-state index contributed by atoms with van der Waals surface area (Å²) in [5.41, 5.74) is 0.140. The minimum atomic E-state index is -1.09. The number of pyridine rings is 1. The Morgan fingerprint density at radius 1 is 1.12 bits per heavy atom. The zero-order valence-electron chi connectivity index (χ0n) is 10.7. The molecule has 0 atom stereocenters. The molecule has 0 aliphatic rings. The van der Waals surface area contributed by atoms with Crippen LogP contribution in [0.1, 0.15) is 0 Å². The van der Waals surface area contributed by atoms with Crippen LogP contribution in [0.15, 0.2) is 41.3 Å². The van der Waals surface area contributed by atoms with Gasteiger partial charge in [-0.15, -0.1) is 0 Å². The second-order valence-electron chi connectivity index (χ2n) is 5.71. The van der Waals surface area contributed by atoms with Crippen molar-refractivity contribution in [3.63, 3.8) is 0 Å². The van der Waals surface area contributed by atoms with Gasteiger partial charge in [0.1, 0.15) is 0 Å². The first kappa shape index (κ1) is 12.1. The summed E-state index contributed by atoms with van der Waals surface area (Å²) in [4.78, 5) is 12.2. The molecule has 0 amide bonds. The average molecular weight is 245 g/mol. The molecule has 0 saturated carbocycles. The number of rotatable bonds is 3. The molecule has 0 unspecified atom stereocenters. The number of hydrogen-bond donors (Lipinski definition) is 0. The number of aryl methyl sites for hydroxylation is 1. The summed E-state index contributed by atoms with van der Waals surface area (Å²) in [6.45, 7) is 7.84. The minimum Gasteiger partial charge on any atom is -0.315 e. The van der Waals surface area contributed by atoms with Gasteiger partial charge in [-0.25, -0.2) is 0 Å². The standard InChI is InChI=1S/C14H19NOSi/c1-17(2,3)11-10-15-9-8-12-6-4-5-7-13(12)14(15)16/h4-9H,10-11H2,1-3H3. The predicted molar refractivity (Wildman–Crippen MR) is 76.4 cm³/mol. The van der Waals surface area contributed by atoms with Crippen molar-refractivity contribution in [2.45, 2.75) is 32.2 Å². The van der Waals surface area contributed by atoms with Crippen LogP contribution in [0.3, 0.4) is 0 Å². The molecule has 17 heavy (non-hydrogen) atoms. The van der Waals surface area contributed by atoms with Crippen LogP contribution < -0.4 is 5.56 Å². The van der Waals surface area contributed by atoms with Crippen molar-refractivity contribution in [3.05, 3.63) is 46.9 Å². The number of benzene rings is 1. The van der Waals surface area contributed by atoms with Crippen LogP contribution in [0, 0.1) is 0 Å². The molecule has 1 aromatic heterocycles. The molecule has 2 rings (SSSR count). The molecular formula is C14H19NOSi. The molecule has 0 aliphatic heterocycles. The van der Waals surface area contributed by atoms with E-state index >= 15 is 0 Å². The van der Waals surface area contributed by atoms with E-state index in [0.29, 0.717) is 0 Å². The highest BCUT2D eigenvalue weighted by molar-refractivity contribution is 6.76. The van der Waals surface area contributed by atoms with Crippen LogP contribution in [0.2, 0.25) is 25.7 Å². The van der Waals surface area contributed by atoms with Crippen molar-refractivity contribution in [2.75, 3.05) is 0 Å². The molecule has 1 aromatic carbocycles. The Morgan fingerprint density at radius 2 is 1.82 bits per heavy atom. The van der Waals surface area contributed by atoms with E-state index in [9.17, 15) is 4.79 Å². The maximum atomic E-state index is 12.2. The van der Waals surface area contributed by atoms with Gasteiger partial charge < -0.3 is 4.57 Å². The maximum Gasteiger partial charge on any atom is 0.258 e.